The number of hydrogen-bond acceptors (Lipinski definition) is 3. The van der Waals surface area contributed by atoms with Crippen molar-refractivity contribution in [2.45, 2.75) is 75.5 Å². The summed E-state index contributed by atoms with van der Waals surface area (Å²) in [6.45, 7) is 0.994. The summed E-state index contributed by atoms with van der Waals surface area (Å²) in [6.07, 6.45) is 23.0. The Balaban J connectivity index is 1.75. The molecule has 1 aromatic rings. The molecule has 0 aromatic carbocycles. The molecule has 3 aliphatic rings. The van der Waals surface area contributed by atoms with Gasteiger partial charge in [0.2, 0.25) is 0 Å². The molecule has 0 saturated heterocycles. The summed E-state index contributed by atoms with van der Waals surface area (Å²) in [7, 11) is 1.98. The van der Waals surface area contributed by atoms with Crippen LogP contribution in [-0.2, 0) is 0 Å². The lowest BCUT2D eigenvalue weighted by Crippen LogP contribution is -2.37. The van der Waals surface area contributed by atoms with Crippen molar-refractivity contribution in [2.24, 2.45) is 0 Å². The van der Waals surface area contributed by atoms with E-state index in [1.165, 1.54) is 70.0 Å². The maximum Gasteiger partial charge on any atom is 0.137 e. The van der Waals surface area contributed by atoms with Gasteiger partial charge in [0.25, 0.3) is 0 Å². The average molecular weight is 384 g/mol. The molecule has 27 heavy (non-hydrogen) atoms. The zero-order valence-corrected chi connectivity index (χ0v) is 17.7. The Morgan fingerprint density at radius 3 is 2.19 bits per heavy atom. The van der Waals surface area contributed by atoms with Crippen LogP contribution in [0.2, 0.25) is 0 Å². The molecule has 146 valence electrons. The Bertz CT molecular complexity index is 627. The minimum Gasteiger partial charge on any atom is -0.357 e. The van der Waals surface area contributed by atoms with Gasteiger partial charge in [-0.2, -0.15) is 0 Å². The largest absolute Gasteiger partial charge is 0.357 e. The third-order valence-corrected chi connectivity index (χ3v) is 9.76. The highest BCUT2D eigenvalue weighted by atomic mass is 31.1. The number of anilines is 1. The zero-order valence-electron chi connectivity index (χ0n) is 16.8. The SMILES string of the molecule is CN1CC=CC=C1N(c1ccccn1)P(C1CCCCC1)C1CCCCC1. The Kier molecular flexibility index (Phi) is 6.50. The first kappa shape index (κ1) is 19.0. The second-order valence-corrected chi connectivity index (χ2v) is 10.9. The van der Waals surface area contributed by atoms with E-state index in [-0.39, 0.29) is 8.07 Å². The molecular formula is C23H34N3P. The standard InChI is InChI=1S/C23H34N3P/c1-25-19-11-9-17-23(25)26(22-16-8-10-18-24-22)27(20-12-4-2-5-13-20)21-14-6-3-7-15-21/h8-11,16-18,20-21H,2-7,12-15,19H2,1H3. The monoisotopic (exact) mass is 383 g/mol. The van der Waals surface area contributed by atoms with Gasteiger partial charge >= 0.3 is 0 Å². The van der Waals surface area contributed by atoms with Crippen molar-refractivity contribution < 1.29 is 0 Å². The lowest BCUT2D eigenvalue weighted by Gasteiger charge is -2.47. The second kappa shape index (κ2) is 9.24. The molecule has 2 heterocycles. The van der Waals surface area contributed by atoms with Gasteiger partial charge in [-0.05, 0) is 55.2 Å². The van der Waals surface area contributed by atoms with E-state index in [1.807, 2.05) is 12.3 Å². The average Bonchev–Trinajstić information content (AvgIpc) is 2.74. The summed E-state index contributed by atoms with van der Waals surface area (Å²) in [4.78, 5) is 7.26. The number of pyridine rings is 1. The minimum absolute atomic E-state index is 0.259. The molecule has 0 N–H and O–H groups in total. The number of nitrogens with zero attached hydrogens (tertiary/aromatic N) is 3. The van der Waals surface area contributed by atoms with Gasteiger partial charge in [-0.3, -0.25) is 4.67 Å². The topological polar surface area (TPSA) is 19.4 Å². The normalized spacial score (nSPS) is 22.1. The lowest BCUT2D eigenvalue weighted by molar-refractivity contribution is 0.448. The van der Waals surface area contributed by atoms with Crippen LogP contribution in [0.15, 0.2) is 48.4 Å². The Hall–Kier alpha value is -1.34. The van der Waals surface area contributed by atoms with Gasteiger partial charge in [0, 0.05) is 27.9 Å². The summed E-state index contributed by atoms with van der Waals surface area (Å²) >= 11 is 0. The maximum absolute atomic E-state index is 4.85. The van der Waals surface area contributed by atoms with Crippen LogP contribution in [0.4, 0.5) is 5.82 Å². The van der Waals surface area contributed by atoms with Gasteiger partial charge in [0.1, 0.15) is 11.6 Å². The summed E-state index contributed by atoms with van der Waals surface area (Å²) in [5.41, 5.74) is 1.72. The van der Waals surface area contributed by atoms with Crippen molar-refractivity contribution in [1.82, 2.24) is 9.88 Å². The Morgan fingerprint density at radius 1 is 0.963 bits per heavy atom. The van der Waals surface area contributed by atoms with E-state index in [1.54, 1.807) is 0 Å². The van der Waals surface area contributed by atoms with Crippen LogP contribution in [0.25, 0.3) is 0 Å². The number of aromatic nitrogens is 1. The van der Waals surface area contributed by atoms with Gasteiger partial charge in [-0.15, -0.1) is 0 Å². The van der Waals surface area contributed by atoms with Crippen molar-refractivity contribution in [3.05, 3.63) is 48.4 Å². The Labute approximate surface area is 166 Å². The van der Waals surface area contributed by atoms with Crippen LogP contribution in [-0.4, -0.2) is 34.8 Å². The summed E-state index contributed by atoms with van der Waals surface area (Å²) in [6, 6.07) is 6.43. The third kappa shape index (κ3) is 4.40. The molecule has 3 nitrogen and oxygen atoms in total. The summed E-state index contributed by atoms with van der Waals surface area (Å²) in [5.74, 6) is 2.52. The van der Waals surface area contributed by atoms with Crippen LogP contribution in [0, 0.1) is 0 Å². The highest BCUT2D eigenvalue weighted by Gasteiger charge is 2.38. The molecule has 1 aromatic heterocycles. The van der Waals surface area contributed by atoms with Crippen LogP contribution in [0.5, 0.6) is 0 Å². The van der Waals surface area contributed by atoms with Gasteiger partial charge in [-0.25, -0.2) is 4.98 Å². The van der Waals surface area contributed by atoms with Crippen LogP contribution in [0.1, 0.15) is 64.2 Å². The second-order valence-electron chi connectivity index (χ2n) is 8.30. The van der Waals surface area contributed by atoms with Gasteiger partial charge in [0.05, 0.1) is 0 Å². The van der Waals surface area contributed by atoms with E-state index in [0.29, 0.717) is 0 Å². The van der Waals surface area contributed by atoms with Crippen LogP contribution in [0.3, 0.4) is 0 Å². The molecule has 0 bridgehead atoms. The molecule has 0 spiro atoms. The number of likely N-dealkylation sites (N-methyl/N-ethyl adjacent to an activating group) is 1. The van der Waals surface area contributed by atoms with Gasteiger partial charge in [-0.1, -0.05) is 56.7 Å². The summed E-state index contributed by atoms with van der Waals surface area (Å²) < 4.78 is 2.70. The van der Waals surface area contributed by atoms with Crippen molar-refractivity contribution >= 4 is 13.9 Å². The predicted molar refractivity (Wildman–Crippen MR) is 117 cm³/mol. The molecule has 2 aliphatic carbocycles. The maximum atomic E-state index is 4.85. The number of rotatable bonds is 5. The van der Waals surface area contributed by atoms with Gasteiger partial charge in [0.15, 0.2) is 0 Å². The number of allylic oxidation sites excluding steroid dienone is 2. The molecule has 0 amide bonds. The van der Waals surface area contributed by atoms with Crippen LogP contribution < -0.4 is 4.67 Å². The molecule has 2 fully saturated rings. The van der Waals surface area contributed by atoms with Crippen molar-refractivity contribution in [1.29, 1.82) is 0 Å². The molecule has 0 unspecified atom stereocenters. The molecule has 0 atom stereocenters. The number of hydrogen-bond donors (Lipinski definition) is 0. The fourth-order valence-electron chi connectivity index (χ4n) is 4.98. The predicted octanol–water partition coefficient (Wildman–Crippen LogP) is 6.29. The molecule has 4 heteroatoms. The first-order valence-electron chi connectivity index (χ1n) is 10.9. The fraction of sp³-hybridized carbons (Fsp3) is 0.609. The smallest absolute Gasteiger partial charge is 0.137 e. The highest BCUT2D eigenvalue weighted by molar-refractivity contribution is 7.61. The van der Waals surface area contributed by atoms with E-state index in [0.717, 1.165) is 23.7 Å². The third-order valence-electron chi connectivity index (χ3n) is 6.36. The van der Waals surface area contributed by atoms with Gasteiger partial charge < -0.3 is 4.90 Å². The van der Waals surface area contributed by atoms with E-state index < -0.39 is 0 Å². The van der Waals surface area contributed by atoms with E-state index >= 15 is 0 Å². The van der Waals surface area contributed by atoms with Crippen LogP contribution >= 0.6 is 8.07 Å². The highest BCUT2D eigenvalue weighted by Crippen LogP contribution is 2.60. The summed E-state index contributed by atoms with van der Waals surface area (Å²) in [5, 5.41) is 0. The quantitative estimate of drug-likeness (QED) is 0.557. The molecule has 0 radical (unpaired) electrons. The van der Waals surface area contributed by atoms with E-state index in [2.05, 4.69) is 47.0 Å². The van der Waals surface area contributed by atoms with E-state index in [9.17, 15) is 0 Å². The Morgan fingerprint density at radius 2 is 1.63 bits per heavy atom. The molecule has 4 rings (SSSR count). The zero-order chi connectivity index (χ0) is 18.5. The van der Waals surface area contributed by atoms with E-state index in [4.69, 9.17) is 4.98 Å². The van der Waals surface area contributed by atoms with Crippen molar-refractivity contribution in [3.8, 4) is 0 Å². The molecule has 1 aliphatic heterocycles. The van der Waals surface area contributed by atoms with Crippen molar-refractivity contribution in [3.63, 3.8) is 0 Å². The lowest BCUT2D eigenvalue weighted by atomic mass is 10.00. The van der Waals surface area contributed by atoms with Crippen molar-refractivity contribution in [2.75, 3.05) is 18.3 Å². The molecular weight excluding hydrogens is 349 g/mol. The minimum atomic E-state index is -0.259. The fourth-order valence-corrected chi connectivity index (χ4v) is 8.82. The first-order chi connectivity index (χ1) is 13.3. The molecule has 2 saturated carbocycles. The first-order valence-corrected chi connectivity index (χ1v) is 12.4.